The predicted octanol–water partition coefficient (Wildman–Crippen LogP) is -0.667. The number of rotatable bonds is 1. The minimum Gasteiger partial charge on any atom is -0.419 e. The molecule has 0 spiro atoms. The Hall–Kier alpha value is -0.810. The molecule has 0 aromatic heterocycles. The quantitative estimate of drug-likeness (QED) is 0.282. The minimum absolute atomic E-state index is 0.381. The summed E-state index contributed by atoms with van der Waals surface area (Å²) in [6, 6.07) is 0. The monoisotopic (exact) mass is 132 g/mol. The highest BCUT2D eigenvalue weighted by molar-refractivity contribution is 5.66. The van der Waals surface area contributed by atoms with Gasteiger partial charge in [-0.1, -0.05) is 0 Å². The van der Waals surface area contributed by atoms with Gasteiger partial charge in [-0.2, -0.15) is 0 Å². The number of hydrogen-bond donors (Lipinski definition) is 2. The van der Waals surface area contributed by atoms with E-state index in [2.05, 4.69) is 4.74 Å². The zero-order valence-corrected chi connectivity index (χ0v) is 4.79. The van der Waals surface area contributed by atoms with Crippen molar-refractivity contribution in [3.8, 4) is 0 Å². The van der Waals surface area contributed by atoms with Crippen LogP contribution in [-0.2, 0) is 9.47 Å². The van der Waals surface area contributed by atoms with Crippen molar-refractivity contribution in [2.45, 2.75) is 12.7 Å². The van der Waals surface area contributed by atoms with Gasteiger partial charge in [0, 0.05) is 6.42 Å². The van der Waals surface area contributed by atoms with Gasteiger partial charge in [0.25, 0.3) is 0 Å². The third-order valence-corrected chi connectivity index (χ3v) is 1.01. The summed E-state index contributed by atoms with van der Waals surface area (Å²) in [7, 11) is 0. The highest BCUT2D eigenvalue weighted by Gasteiger charge is 2.21. The highest BCUT2D eigenvalue weighted by Crippen LogP contribution is 2.11. The van der Waals surface area contributed by atoms with Gasteiger partial charge in [-0.15, -0.1) is 0 Å². The van der Waals surface area contributed by atoms with Crippen LogP contribution in [0.5, 0.6) is 0 Å². The van der Waals surface area contributed by atoms with E-state index >= 15 is 0 Å². The van der Waals surface area contributed by atoms with Crippen LogP contribution in [0.4, 0.5) is 4.79 Å². The average Bonchev–Trinajstić information content (AvgIpc) is 1.78. The molecule has 1 aliphatic heterocycles. The molecule has 0 aromatic carbocycles. The summed E-state index contributed by atoms with van der Waals surface area (Å²) in [4.78, 5) is 10.3. The van der Waals surface area contributed by atoms with E-state index in [1.165, 1.54) is 0 Å². The zero-order chi connectivity index (χ0) is 6.69. The Balaban J connectivity index is 2.09. The van der Waals surface area contributed by atoms with E-state index in [9.17, 15) is 4.79 Å². The van der Waals surface area contributed by atoms with E-state index in [0.29, 0.717) is 6.61 Å². The van der Waals surface area contributed by atoms with E-state index in [-0.39, 0.29) is 6.29 Å². The molecule has 1 heterocycles. The second kappa shape index (κ2) is 2.65. The lowest BCUT2D eigenvalue weighted by Crippen LogP contribution is -2.39. The first-order chi connectivity index (χ1) is 4.33. The summed E-state index contributed by atoms with van der Waals surface area (Å²) < 4.78 is 9.30. The summed E-state index contributed by atoms with van der Waals surface area (Å²) >= 11 is 0. The molecule has 1 saturated heterocycles. The third-order valence-electron chi connectivity index (χ3n) is 1.01. The van der Waals surface area contributed by atoms with Gasteiger partial charge in [0.2, 0.25) is 6.29 Å². The van der Waals surface area contributed by atoms with Crippen LogP contribution in [0.1, 0.15) is 6.42 Å². The molecular weight excluding hydrogens is 124 g/mol. The van der Waals surface area contributed by atoms with Crippen LogP contribution in [0.3, 0.4) is 0 Å². The van der Waals surface area contributed by atoms with Crippen LogP contribution < -0.4 is 11.3 Å². The van der Waals surface area contributed by atoms with Gasteiger partial charge in [-0.3, -0.25) is 5.43 Å². The second-order valence-electron chi connectivity index (χ2n) is 1.64. The third kappa shape index (κ3) is 1.55. The molecule has 1 fully saturated rings. The maximum absolute atomic E-state index is 10.3. The molecule has 0 aliphatic carbocycles. The Bertz CT molecular complexity index is 112. The van der Waals surface area contributed by atoms with Crippen molar-refractivity contribution < 1.29 is 14.3 Å². The van der Waals surface area contributed by atoms with E-state index < -0.39 is 6.09 Å². The molecule has 3 N–H and O–H groups in total. The van der Waals surface area contributed by atoms with Gasteiger partial charge < -0.3 is 9.47 Å². The number of ether oxygens (including phenoxy) is 2. The van der Waals surface area contributed by atoms with Crippen molar-refractivity contribution in [1.29, 1.82) is 0 Å². The van der Waals surface area contributed by atoms with Gasteiger partial charge in [0.05, 0.1) is 6.61 Å². The number of nitrogens with one attached hydrogen (secondary N) is 1. The molecule has 5 nitrogen and oxygen atoms in total. The zero-order valence-electron chi connectivity index (χ0n) is 4.79. The first-order valence-electron chi connectivity index (χ1n) is 2.62. The van der Waals surface area contributed by atoms with Crippen LogP contribution in [0.25, 0.3) is 0 Å². The lowest BCUT2D eigenvalue weighted by molar-refractivity contribution is -0.182. The SMILES string of the molecule is NNC(=O)OC1CCO1. The molecule has 1 amide bonds. The van der Waals surface area contributed by atoms with Gasteiger partial charge in [0.15, 0.2) is 0 Å². The lowest BCUT2D eigenvalue weighted by Gasteiger charge is -2.25. The standard InChI is InChI=1S/C4H8N2O3/c5-6-4(7)9-3-1-2-8-3/h3H,1-2,5H2,(H,6,7). The molecule has 0 bridgehead atoms. The molecule has 5 heteroatoms. The number of hydrazine groups is 1. The summed E-state index contributed by atoms with van der Waals surface area (Å²) in [5.41, 5.74) is 1.82. The molecule has 1 aliphatic rings. The van der Waals surface area contributed by atoms with E-state index in [4.69, 9.17) is 10.6 Å². The molecule has 1 rings (SSSR count). The maximum Gasteiger partial charge on any atom is 0.423 e. The second-order valence-corrected chi connectivity index (χ2v) is 1.64. The number of hydrogen-bond acceptors (Lipinski definition) is 4. The number of nitrogens with two attached hydrogens (primary N) is 1. The number of carbonyl (C=O) groups excluding carboxylic acids is 1. The van der Waals surface area contributed by atoms with Gasteiger partial charge in [-0.25, -0.2) is 10.6 Å². The molecular formula is C4H8N2O3. The molecule has 1 atom stereocenters. The van der Waals surface area contributed by atoms with Crippen molar-refractivity contribution in [3.63, 3.8) is 0 Å². The van der Waals surface area contributed by atoms with Crippen LogP contribution in [0, 0.1) is 0 Å². The molecule has 1 unspecified atom stereocenters. The van der Waals surface area contributed by atoms with Crippen molar-refractivity contribution in [2.24, 2.45) is 5.84 Å². The van der Waals surface area contributed by atoms with E-state index in [0.717, 1.165) is 6.42 Å². The van der Waals surface area contributed by atoms with Gasteiger partial charge in [-0.05, 0) is 0 Å². The maximum atomic E-state index is 10.3. The molecule has 0 saturated carbocycles. The summed E-state index contributed by atoms with van der Waals surface area (Å²) in [6.45, 7) is 0.655. The summed E-state index contributed by atoms with van der Waals surface area (Å²) in [6.07, 6.45) is -0.277. The Morgan fingerprint density at radius 3 is 2.89 bits per heavy atom. The van der Waals surface area contributed by atoms with E-state index in [1.54, 1.807) is 0 Å². The molecule has 0 aromatic rings. The van der Waals surface area contributed by atoms with Crippen LogP contribution in [0.15, 0.2) is 0 Å². The average molecular weight is 132 g/mol. The minimum atomic E-state index is -0.653. The fourth-order valence-corrected chi connectivity index (χ4v) is 0.460. The Morgan fingerprint density at radius 2 is 2.56 bits per heavy atom. The predicted molar refractivity (Wildman–Crippen MR) is 28.2 cm³/mol. The summed E-state index contributed by atoms with van der Waals surface area (Å²) in [5.74, 6) is 4.72. The molecule has 9 heavy (non-hydrogen) atoms. The normalized spacial score (nSPS) is 24.3. The van der Waals surface area contributed by atoms with Crippen molar-refractivity contribution >= 4 is 6.09 Å². The first kappa shape index (κ1) is 6.31. The number of amides is 1. The number of carbonyl (C=O) groups is 1. The van der Waals surface area contributed by atoms with Crippen LogP contribution in [-0.4, -0.2) is 19.0 Å². The fraction of sp³-hybridized carbons (Fsp3) is 0.750. The van der Waals surface area contributed by atoms with Gasteiger partial charge >= 0.3 is 6.09 Å². The van der Waals surface area contributed by atoms with Gasteiger partial charge in [0.1, 0.15) is 0 Å². The smallest absolute Gasteiger partial charge is 0.419 e. The Kier molecular flexibility index (Phi) is 1.86. The lowest BCUT2D eigenvalue weighted by atomic mass is 10.3. The van der Waals surface area contributed by atoms with Crippen molar-refractivity contribution in [2.75, 3.05) is 6.61 Å². The van der Waals surface area contributed by atoms with E-state index in [1.807, 2.05) is 5.43 Å². The van der Waals surface area contributed by atoms with Crippen molar-refractivity contribution in [3.05, 3.63) is 0 Å². The van der Waals surface area contributed by atoms with Crippen molar-refractivity contribution in [1.82, 2.24) is 5.43 Å². The topological polar surface area (TPSA) is 73.6 Å². The van der Waals surface area contributed by atoms with Crippen LogP contribution >= 0.6 is 0 Å². The summed E-state index contributed by atoms with van der Waals surface area (Å²) in [5, 5.41) is 0. The Labute approximate surface area is 52.1 Å². The fourth-order valence-electron chi connectivity index (χ4n) is 0.460. The first-order valence-corrected chi connectivity index (χ1v) is 2.62. The van der Waals surface area contributed by atoms with Crippen LogP contribution in [0.2, 0.25) is 0 Å². The molecule has 52 valence electrons. The molecule has 0 radical (unpaired) electrons. The largest absolute Gasteiger partial charge is 0.423 e. The highest BCUT2D eigenvalue weighted by atomic mass is 16.7. The Morgan fingerprint density at radius 1 is 1.89 bits per heavy atom.